The van der Waals surface area contributed by atoms with Crippen molar-refractivity contribution >= 4 is 27.6 Å². The van der Waals surface area contributed by atoms with E-state index >= 15 is 0 Å². The Labute approximate surface area is 176 Å². The summed E-state index contributed by atoms with van der Waals surface area (Å²) in [6.45, 7) is 7.08. The van der Waals surface area contributed by atoms with Crippen molar-refractivity contribution in [2.24, 2.45) is 0 Å². The average Bonchev–Trinajstić information content (AvgIpc) is 2.73. The maximum absolute atomic E-state index is 9.09. The Balaban J connectivity index is 0.00000240. The van der Waals surface area contributed by atoms with Gasteiger partial charge in [-0.1, -0.05) is 24.3 Å². The van der Waals surface area contributed by atoms with Crippen molar-refractivity contribution in [2.45, 2.75) is 20.3 Å². The third kappa shape index (κ3) is 4.07. The SMILES string of the molecule is CC[N+](CC)=c1ccc2nc3c(cc(NCCCO)c4ccccc43)oc-2c1.[Cl-]. The van der Waals surface area contributed by atoms with Crippen LogP contribution >= 0.6 is 0 Å². The van der Waals surface area contributed by atoms with Crippen LogP contribution in [-0.4, -0.2) is 36.3 Å². The van der Waals surface area contributed by atoms with E-state index in [4.69, 9.17) is 14.5 Å². The molecular weight excluding hydrogens is 386 g/mol. The lowest BCUT2D eigenvalue weighted by molar-refractivity contribution is -0.00000732. The summed E-state index contributed by atoms with van der Waals surface area (Å²) < 4.78 is 8.60. The molecule has 29 heavy (non-hydrogen) atoms. The standard InChI is InChI=1S/C23H25N3O2.ClH/c1-3-26(4-2)16-10-11-19-21(14-16)28-22-15-20(24-12-7-13-27)17-8-5-6-9-18(17)23(22)25-19;/h5-6,8-11,14-15,27H,3-4,7,12-13H2,1-2H3;1H. The van der Waals surface area contributed by atoms with Crippen molar-refractivity contribution in [3.05, 3.63) is 53.9 Å². The zero-order chi connectivity index (χ0) is 19.5. The molecule has 2 aromatic carbocycles. The summed E-state index contributed by atoms with van der Waals surface area (Å²) in [4.78, 5) is 4.92. The first-order valence-electron chi connectivity index (χ1n) is 9.94. The molecule has 0 fully saturated rings. The number of halogens is 1. The van der Waals surface area contributed by atoms with Gasteiger partial charge in [0, 0.05) is 41.7 Å². The second-order valence-corrected chi connectivity index (χ2v) is 6.86. The lowest BCUT2D eigenvalue weighted by Crippen LogP contribution is -3.00. The molecule has 0 saturated carbocycles. The largest absolute Gasteiger partial charge is 1.00 e. The van der Waals surface area contributed by atoms with Gasteiger partial charge in [0.05, 0.1) is 6.07 Å². The number of hydrogen-bond donors (Lipinski definition) is 2. The minimum absolute atomic E-state index is 0. The lowest BCUT2D eigenvalue weighted by atomic mass is 10.1. The Hall–Kier alpha value is -2.63. The van der Waals surface area contributed by atoms with Crippen LogP contribution in [0, 0.1) is 0 Å². The quantitative estimate of drug-likeness (QED) is 0.212. The maximum Gasteiger partial charge on any atom is 0.203 e. The van der Waals surface area contributed by atoms with Gasteiger partial charge in [-0.25, -0.2) is 9.56 Å². The van der Waals surface area contributed by atoms with Gasteiger partial charge in [-0.05, 0) is 26.3 Å². The highest BCUT2D eigenvalue weighted by Crippen LogP contribution is 2.33. The van der Waals surface area contributed by atoms with Crippen LogP contribution in [0.1, 0.15) is 20.3 Å². The van der Waals surface area contributed by atoms with Crippen molar-refractivity contribution in [1.82, 2.24) is 9.56 Å². The van der Waals surface area contributed by atoms with Crippen molar-refractivity contribution in [3.63, 3.8) is 0 Å². The van der Waals surface area contributed by atoms with E-state index in [1.54, 1.807) is 0 Å². The molecule has 1 aliphatic heterocycles. The van der Waals surface area contributed by atoms with Crippen LogP contribution in [0.4, 0.5) is 5.69 Å². The number of aliphatic hydroxyl groups excluding tert-OH is 1. The summed E-state index contributed by atoms with van der Waals surface area (Å²) in [5.74, 6) is 0.786. The van der Waals surface area contributed by atoms with Crippen LogP contribution in [-0.2, 0) is 0 Å². The topological polar surface area (TPSA) is 61.3 Å². The van der Waals surface area contributed by atoms with Crippen molar-refractivity contribution < 1.29 is 21.9 Å². The molecule has 0 bridgehead atoms. The molecule has 1 heterocycles. The predicted molar refractivity (Wildman–Crippen MR) is 115 cm³/mol. The number of aliphatic hydroxyl groups is 1. The van der Waals surface area contributed by atoms with Gasteiger partial charge in [0.1, 0.15) is 24.3 Å². The monoisotopic (exact) mass is 411 g/mol. The number of aromatic nitrogens is 1. The molecule has 0 aromatic heterocycles. The summed E-state index contributed by atoms with van der Waals surface area (Å²) in [7, 11) is 0. The third-order valence-corrected chi connectivity index (χ3v) is 5.16. The summed E-state index contributed by atoms with van der Waals surface area (Å²) in [6, 6.07) is 16.5. The fourth-order valence-corrected chi connectivity index (χ4v) is 3.68. The molecule has 0 spiro atoms. The normalized spacial score (nSPS) is 11.0. The number of fused-ring (bicyclic) bond motifs is 4. The fraction of sp³-hybridized carbons (Fsp3) is 0.304. The van der Waals surface area contributed by atoms with Gasteiger partial charge < -0.3 is 27.2 Å². The lowest BCUT2D eigenvalue weighted by Gasteiger charge is -2.13. The van der Waals surface area contributed by atoms with Gasteiger partial charge in [-0.3, -0.25) is 0 Å². The minimum atomic E-state index is 0. The second-order valence-electron chi connectivity index (χ2n) is 6.86. The van der Waals surface area contributed by atoms with Gasteiger partial charge in [0.15, 0.2) is 11.3 Å². The molecule has 2 N–H and O–H groups in total. The van der Waals surface area contributed by atoms with E-state index in [-0.39, 0.29) is 19.0 Å². The number of benzene rings is 3. The van der Waals surface area contributed by atoms with E-state index in [0.29, 0.717) is 13.0 Å². The Morgan fingerprint density at radius 3 is 2.52 bits per heavy atom. The molecule has 0 saturated heterocycles. The van der Waals surface area contributed by atoms with E-state index in [0.717, 1.165) is 57.5 Å². The molecule has 0 unspecified atom stereocenters. The molecule has 0 radical (unpaired) electrons. The zero-order valence-corrected chi connectivity index (χ0v) is 17.5. The number of nitrogens with zero attached hydrogens (tertiary/aromatic N) is 2. The molecule has 1 aliphatic carbocycles. The highest BCUT2D eigenvalue weighted by Gasteiger charge is 2.15. The number of nitrogens with one attached hydrogen (secondary N) is 1. The molecule has 2 aliphatic rings. The Morgan fingerprint density at radius 2 is 1.79 bits per heavy atom. The van der Waals surface area contributed by atoms with Crippen molar-refractivity contribution in [3.8, 4) is 11.5 Å². The summed E-state index contributed by atoms with van der Waals surface area (Å²) in [6.07, 6.45) is 0.701. The highest BCUT2D eigenvalue weighted by molar-refractivity contribution is 6.10. The fourth-order valence-electron chi connectivity index (χ4n) is 3.68. The van der Waals surface area contributed by atoms with Crippen LogP contribution < -0.4 is 27.7 Å². The number of hydrogen-bond acceptors (Lipinski definition) is 4. The van der Waals surface area contributed by atoms with E-state index in [9.17, 15) is 0 Å². The number of rotatable bonds is 6. The summed E-state index contributed by atoms with van der Waals surface area (Å²) in [5.41, 5.74) is 3.48. The molecule has 0 atom stereocenters. The maximum atomic E-state index is 9.09. The molecular formula is C23H26ClN3O2. The molecule has 4 rings (SSSR count). The van der Waals surface area contributed by atoms with E-state index in [1.807, 2.05) is 24.3 Å². The van der Waals surface area contributed by atoms with Crippen molar-refractivity contribution in [2.75, 3.05) is 31.6 Å². The van der Waals surface area contributed by atoms with E-state index < -0.39 is 0 Å². The van der Waals surface area contributed by atoms with Crippen LogP contribution in [0.25, 0.3) is 33.3 Å². The summed E-state index contributed by atoms with van der Waals surface area (Å²) >= 11 is 0. The second kappa shape index (κ2) is 9.25. The Kier molecular flexibility index (Phi) is 6.72. The number of anilines is 1. The van der Waals surface area contributed by atoms with E-state index in [1.165, 1.54) is 0 Å². The zero-order valence-electron chi connectivity index (χ0n) is 16.8. The predicted octanol–water partition coefficient (Wildman–Crippen LogP) is 0.696. The van der Waals surface area contributed by atoms with Gasteiger partial charge in [-0.2, -0.15) is 0 Å². The van der Waals surface area contributed by atoms with Crippen LogP contribution in [0.15, 0.2) is 52.9 Å². The average molecular weight is 412 g/mol. The highest BCUT2D eigenvalue weighted by atomic mass is 35.5. The summed E-state index contributed by atoms with van der Waals surface area (Å²) in [5, 5.41) is 15.8. The van der Waals surface area contributed by atoms with Crippen LogP contribution in [0.5, 0.6) is 0 Å². The molecule has 2 aromatic rings. The van der Waals surface area contributed by atoms with E-state index in [2.05, 4.69) is 48.0 Å². The first kappa shape index (κ1) is 21.1. The van der Waals surface area contributed by atoms with Crippen LogP contribution in [0.3, 0.4) is 0 Å². The van der Waals surface area contributed by atoms with Gasteiger partial charge in [-0.15, -0.1) is 0 Å². The molecule has 152 valence electrons. The molecule has 0 amide bonds. The van der Waals surface area contributed by atoms with Gasteiger partial charge in [0.25, 0.3) is 0 Å². The Bertz CT molecular complexity index is 1160. The first-order valence-corrected chi connectivity index (χ1v) is 9.94. The smallest absolute Gasteiger partial charge is 0.203 e. The minimum Gasteiger partial charge on any atom is -1.00 e. The Morgan fingerprint density at radius 1 is 1.03 bits per heavy atom. The third-order valence-electron chi connectivity index (χ3n) is 5.16. The van der Waals surface area contributed by atoms with Gasteiger partial charge >= 0.3 is 0 Å². The first-order chi connectivity index (χ1) is 13.7. The molecule has 5 nitrogen and oxygen atoms in total. The van der Waals surface area contributed by atoms with Crippen LogP contribution in [0.2, 0.25) is 0 Å². The van der Waals surface area contributed by atoms with Crippen molar-refractivity contribution in [1.29, 1.82) is 0 Å². The van der Waals surface area contributed by atoms with Gasteiger partial charge in [0.2, 0.25) is 5.36 Å². The molecule has 6 heteroatoms.